The van der Waals surface area contributed by atoms with Crippen molar-refractivity contribution in [3.8, 4) is 0 Å². The molecule has 0 radical (unpaired) electrons. The minimum atomic E-state index is -1.92. The number of nitrogens with zero attached hydrogens (tertiary/aromatic N) is 1. The van der Waals surface area contributed by atoms with Crippen molar-refractivity contribution >= 4 is 23.8 Å². The van der Waals surface area contributed by atoms with E-state index in [-0.39, 0.29) is 45.4 Å². The lowest BCUT2D eigenvalue weighted by Crippen LogP contribution is -2.65. The molecule has 0 aromatic rings. The highest BCUT2D eigenvalue weighted by molar-refractivity contribution is 6.01. The topological polar surface area (TPSA) is 362 Å². The molecule has 4 saturated heterocycles. The smallest absolute Gasteiger partial charge is 0.333 e. The molecule has 4 rings (SSSR count). The number of hydrogen-bond donors (Lipinski definition) is 12. The maximum absolute atomic E-state index is 12.2. The number of ether oxygens (including phenoxy) is 6. The summed E-state index contributed by atoms with van der Waals surface area (Å²) in [7, 11) is 0. The molecule has 4 heterocycles. The van der Waals surface area contributed by atoms with Gasteiger partial charge in [0.2, 0.25) is 0 Å². The molecule has 310 valence electrons. The number of unbranched alkanes of at least 4 members (excludes halogenated alkanes) is 1. The van der Waals surface area contributed by atoms with Gasteiger partial charge in [-0.05, 0) is 12.8 Å². The molecule has 24 heteroatoms. The van der Waals surface area contributed by atoms with Gasteiger partial charge >= 0.3 is 12.0 Å². The van der Waals surface area contributed by atoms with Crippen LogP contribution in [0.2, 0.25) is 0 Å². The van der Waals surface area contributed by atoms with E-state index in [1.807, 2.05) is 0 Å². The van der Waals surface area contributed by atoms with Crippen LogP contribution in [0.15, 0.2) is 0 Å². The fourth-order valence-electron chi connectivity index (χ4n) is 5.87. The van der Waals surface area contributed by atoms with Gasteiger partial charge in [-0.3, -0.25) is 9.59 Å². The summed E-state index contributed by atoms with van der Waals surface area (Å²) >= 11 is 0. The van der Waals surface area contributed by atoms with Gasteiger partial charge in [0, 0.05) is 32.4 Å². The van der Waals surface area contributed by atoms with E-state index in [9.17, 15) is 70.2 Å². The molecule has 0 spiro atoms. The molecule has 24 nitrogen and oxygen atoms in total. The summed E-state index contributed by atoms with van der Waals surface area (Å²) in [6, 6.07) is -0.635. The summed E-state index contributed by atoms with van der Waals surface area (Å²) in [6.07, 6.45) is -25.0. The molecule has 4 amide bonds. The molecule has 0 unspecified atom stereocenters. The Morgan fingerprint density at radius 2 is 1.19 bits per heavy atom. The normalized spacial score (nSPS) is 38.7. The van der Waals surface area contributed by atoms with Crippen molar-refractivity contribution in [2.75, 3.05) is 39.5 Å². The van der Waals surface area contributed by atoms with Gasteiger partial charge in [0.15, 0.2) is 18.9 Å². The van der Waals surface area contributed by atoms with Crippen LogP contribution in [0.4, 0.5) is 4.79 Å². The Hall–Kier alpha value is -2.76. The molecule has 54 heavy (non-hydrogen) atoms. The largest absolute Gasteiger partial charge is 0.394 e. The molecule has 12 N–H and O–H groups in total. The molecule has 15 atom stereocenters. The van der Waals surface area contributed by atoms with Crippen LogP contribution in [-0.4, -0.2) is 212 Å². The highest BCUT2D eigenvalue weighted by Crippen LogP contribution is 2.31. The third kappa shape index (κ3) is 11.0. The lowest BCUT2D eigenvalue weighted by Gasteiger charge is -2.46. The molecule has 0 aliphatic carbocycles. The van der Waals surface area contributed by atoms with Crippen molar-refractivity contribution < 1.29 is 104 Å². The molecule has 4 aliphatic rings. The second-order valence-electron chi connectivity index (χ2n) is 12.9. The zero-order chi connectivity index (χ0) is 39.7. The Labute approximate surface area is 306 Å². The fraction of sp³-hybridized carbons (Fsp3) is 0.867. The number of nitrogens with one attached hydrogen (secondary N) is 2. The number of aliphatic hydroxyl groups is 10. The molecule has 0 aromatic carbocycles. The van der Waals surface area contributed by atoms with Crippen molar-refractivity contribution in [3.63, 3.8) is 0 Å². The van der Waals surface area contributed by atoms with Gasteiger partial charge in [-0.2, -0.15) is 0 Å². The van der Waals surface area contributed by atoms with Crippen LogP contribution < -0.4 is 10.6 Å². The van der Waals surface area contributed by atoms with E-state index in [2.05, 4.69) is 10.6 Å². The second-order valence-corrected chi connectivity index (χ2v) is 12.9. The zero-order valence-electron chi connectivity index (χ0n) is 28.8. The predicted octanol–water partition coefficient (Wildman–Crippen LogP) is -7.47. The average molecular weight is 788 g/mol. The average Bonchev–Trinajstić information content (AvgIpc) is 3.46. The fourth-order valence-corrected chi connectivity index (χ4v) is 5.87. The number of urea groups is 1. The van der Waals surface area contributed by atoms with E-state index in [0.29, 0.717) is 11.5 Å². The molecule has 4 aliphatic heterocycles. The number of amides is 4. The zero-order valence-corrected chi connectivity index (χ0v) is 28.8. The van der Waals surface area contributed by atoms with Crippen molar-refractivity contribution in [1.29, 1.82) is 0 Å². The van der Waals surface area contributed by atoms with Crippen LogP contribution in [0.5, 0.6) is 0 Å². The minimum Gasteiger partial charge on any atom is -0.394 e. The number of carbonyl (C=O) groups excluding carboxylic acids is 4. The SMILES string of the molecule is O=C(NCCCCC(=O)ON1C(=O)CCC1=O)NCCO[C@@H]1O[C@H](CO[C@H]2O[C@H](CO)[C@@H](O)[C@H](O)[C@@H]2O)[C@@H](O)[C@H](O[C@H]2O[C@H](CO)[C@@H](O)[C@H](O)[C@@H]2O)[C@@H]1O. The van der Waals surface area contributed by atoms with Crippen LogP contribution >= 0.6 is 0 Å². The van der Waals surface area contributed by atoms with Crippen LogP contribution in [0, 0.1) is 0 Å². The van der Waals surface area contributed by atoms with Crippen molar-refractivity contribution in [3.05, 3.63) is 0 Å². The first-order valence-corrected chi connectivity index (χ1v) is 17.3. The number of imide groups is 1. The van der Waals surface area contributed by atoms with Gasteiger partial charge in [0.25, 0.3) is 11.8 Å². The number of rotatable bonds is 17. The van der Waals surface area contributed by atoms with Gasteiger partial charge in [0.05, 0.1) is 26.4 Å². The van der Waals surface area contributed by atoms with E-state index >= 15 is 0 Å². The van der Waals surface area contributed by atoms with Crippen molar-refractivity contribution in [1.82, 2.24) is 15.7 Å². The Kier molecular flexibility index (Phi) is 16.6. The second kappa shape index (κ2) is 20.4. The van der Waals surface area contributed by atoms with Gasteiger partial charge in [-0.25, -0.2) is 9.59 Å². The van der Waals surface area contributed by atoms with Crippen molar-refractivity contribution in [2.45, 2.75) is 124 Å². The molecular formula is C30H49N3O21. The summed E-state index contributed by atoms with van der Waals surface area (Å²) in [5, 5.41) is 108. The third-order valence-electron chi connectivity index (χ3n) is 9.02. The lowest BCUT2D eigenvalue weighted by molar-refractivity contribution is -0.365. The minimum absolute atomic E-state index is 0.0297. The first-order valence-electron chi connectivity index (χ1n) is 17.3. The predicted molar refractivity (Wildman–Crippen MR) is 167 cm³/mol. The van der Waals surface area contributed by atoms with E-state index < -0.39 is 136 Å². The maximum atomic E-state index is 12.2. The molecule has 4 fully saturated rings. The first kappa shape index (κ1) is 44.0. The van der Waals surface area contributed by atoms with Gasteiger partial charge < -0.3 is 95.0 Å². The number of hydroxylamine groups is 2. The van der Waals surface area contributed by atoms with Gasteiger partial charge in [-0.15, -0.1) is 5.06 Å². The Morgan fingerprint density at radius 3 is 1.80 bits per heavy atom. The van der Waals surface area contributed by atoms with Crippen LogP contribution in [0.3, 0.4) is 0 Å². The van der Waals surface area contributed by atoms with Gasteiger partial charge in [-0.1, -0.05) is 0 Å². The van der Waals surface area contributed by atoms with Crippen molar-refractivity contribution in [2.24, 2.45) is 0 Å². The first-order chi connectivity index (χ1) is 25.7. The summed E-state index contributed by atoms with van der Waals surface area (Å²) in [5.41, 5.74) is 0. The quantitative estimate of drug-likeness (QED) is 0.0481. The van der Waals surface area contributed by atoms with E-state index in [1.54, 1.807) is 0 Å². The maximum Gasteiger partial charge on any atom is 0.333 e. The van der Waals surface area contributed by atoms with E-state index in [1.165, 1.54) is 0 Å². The van der Waals surface area contributed by atoms with E-state index in [0.717, 1.165) is 0 Å². The third-order valence-corrected chi connectivity index (χ3v) is 9.02. The lowest BCUT2D eigenvalue weighted by atomic mass is 9.96. The van der Waals surface area contributed by atoms with Gasteiger partial charge in [0.1, 0.15) is 73.2 Å². The number of aliphatic hydroxyl groups excluding tert-OH is 10. The molecule has 0 saturated carbocycles. The molecule has 0 bridgehead atoms. The van der Waals surface area contributed by atoms with Crippen LogP contribution in [-0.2, 0) is 47.6 Å². The summed E-state index contributed by atoms with van der Waals surface area (Å²) in [4.78, 5) is 51.9. The Bertz CT molecular complexity index is 1230. The number of hydrogen-bond acceptors (Lipinski definition) is 21. The molecular weight excluding hydrogens is 738 g/mol. The van der Waals surface area contributed by atoms with Crippen LogP contribution in [0.1, 0.15) is 32.1 Å². The number of carbonyl (C=O) groups is 4. The Balaban J connectivity index is 1.28. The summed E-state index contributed by atoms with van der Waals surface area (Å²) in [6.45, 7) is -2.53. The van der Waals surface area contributed by atoms with Crippen LogP contribution in [0.25, 0.3) is 0 Å². The standard InChI is InChI=1S/C30H49N3O21/c34-9-12-18(39)21(42)23(44)27(50-12)49-11-14-20(41)26(53-29-24(45)22(43)19(40)13(10-35)51-29)25(46)28(52-14)48-8-7-32-30(47)31-6-2-1-3-17(38)54-33-15(36)4-5-16(33)37/h12-14,18-29,34-35,39-46H,1-11H2,(H2,31,32,47)/t12-,13-,14-,18-,19-,20-,21+,22+,23+,24+,25+,26+,27+,28-,29-/m1/s1. The highest BCUT2D eigenvalue weighted by Gasteiger charge is 2.52. The Morgan fingerprint density at radius 1 is 0.648 bits per heavy atom. The summed E-state index contributed by atoms with van der Waals surface area (Å²) < 4.78 is 33.0. The summed E-state index contributed by atoms with van der Waals surface area (Å²) in [5.74, 6) is -1.97. The van der Waals surface area contributed by atoms with E-state index in [4.69, 9.17) is 33.3 Å². The molecule has 0 aromatic heterocycles. The monoisotopic (exact) mass is 787 g/mol. The highest BCUT2D eigenvalue weighted by atomic mass is 16.8.